The Morgan fingerprint density at radius 1 is 1.11 bits per heavy atom. The second kappa shape index (κ2) is 7.52. The molecule has 1 atom stereocenters. The molecule has 1 aromatic rings. The summed E-state index contributed by atoms with van der Waals surface area (Å²) in [6, 6.07) is 9.98. The lowest BCUT2D eigenvalue weighted by atomic mass is 10.2. The van der Waals surface area contributed by atoms with Gasteiger partial charge in [-0.25, -0.2) is 0 Å². The summed E-state index contributed by atoms with van der Waals surface area (Å²) in [6.45, 7) is 1.27. The monoisotopic (exact) mass is 250 g/mol. The fourth-order valence-corrected chi connectivity index (χ4v) is 2.24. The normalized spacial score (nSPS) is 18.1. The van der Waals surface area contributed by atoms with E-state index in [4.69, 9.17) is 9.47 Å². The van der Waals surface area contributed by atoms with Gasteiger partial charge in [-0.2, -0.15) is 0 Å². The SMILES string of the molecule is O[C@@H](COCc1ccccc1)COC1CCCC1. The molecule has 1 aliphatic rings. The number of aliphatic hydroxyl groups is 1. The highest BCUT2D eigenvalue weighted by Crippen LogP contribution is 2.20. The lowest BCUT2D eigenvalue weighted by molar-refractivity contribution is -0.0455. The van der Waals surface area contributed by atoms with Gasteiger partial charge < -0.3 is 14.6 Å². The maximum Gasteiger partial charge on any atom is 0.101 e. The van der Waals surface area contributed by atoms with Crippen molar-refractivity contribution in [3.63, 3.8) is 0 Å². The molecular weight excluding hydrogens is 228 g/mol. The first-order chi connectivity index (χ1) is 8.84. The molecule has 0 saturated heterocycles. The Balaban J connectivity index is 1.55. The molecule has 1 aromatic carbocycles. The Hall–Kier alpha value is -0.900. The smallest absolute Gasteiger partial charge is 0.101 e. The van der Waals surface area contributed by atoms with Crippen molar-refractivity contribution in [2.45, 2.75) is 44.5 Å². The zero-order chi connectivity index (χ0) is 12.6. The Morgan fingerprint density at radius 3 is 2.56 bits per heavy atom. The minimum Gasteiger partial charge on any atom is -0.388 e. The molecule has 1 N–H and O–H groups in total. The minimum atomic E-state index is -0.519. The summed E-state index contributed by atoms with van der Waals surface area (Å²) in [5.74, 6) is 0. The second-order valence-corrected chi connectivity index (χ2v) is 4.89. The van der Waals surface area contributed by atoms with E-state index in [-0.39, 0.29) is 0 Å². The van der Waals surface area contributed by atoms with Crippen molar-refractivity contribution < 1.29 is 14.6 Å². The van der Waals surface area contributed by atoms with Gasteiger partial charge in [0.2, 0.25) is 0 Å². The van der Waals surface area contributed by atoms with Gasteiger partial charge in [-0.3, -0.25) is 0 Å². The van der Waals surface area contributed by atoms with E-state index in [0.717, 1.165) is 18.4 Å². The number of hydrogen-bond donors (Lipinski definition) is 1. The van der Waals surface area contributed by atoms with Gasteiger partial charge in [-0.15, -0.1) is 0 Å². The van der Waals surface area contributed by atoms with Crippen LogP contribution in [0, 0.1) is 0 Å². The molecule has 3 nitrogen and oxygen atoms in total. The third-order valence-electron chi connectivity index (χ3n) is 3.25. The van der Waals surface area contributed by atoms with Crippen LogP contribution >= 0.6 is 0 Å². The van der Waals surface area contributed by atoms with Crippen LogP contribution in [0.15, 0.2) is 30.3 Å². The maximum absolute atomic E-state index is 9.74. The standard InChI is InChI=1S/C15H22O3/c16-14(12-18-15-8-4-5-9-15)11-17-10-13-6-2-1-3-7-13/h1-3,6-7,14-16H,4-5,8-12H2/t14-/m0/s1. The average Bonchev–Trinajstić information content (AvgIpc) is 2.91. The van der Waals surface area contributed by atoms with Crippen LogP contribution in [0.1, 0.15) is 31.2 Å². The summed E-state index contributed by atoms with van der Waals surface area (Å²) in [5, 5.41) is 9.74. The first kappa shape index (κ1) is 13.5. The number of ether oxygens (including phenoxy) is 2. The Bertz CT molecular complexity index is 320. The Kier molecular flexibility index (Phi) is 5.65. The van der Waals surface area contributed by atoms with Gasteiger partial charge in [0.25, 0.3) is 0 Å². The summed E-state index contributed by atoms with van der Waals surface area (Å²) in [4.78, 5) is 0. The van der Waals surface area contributed by atoms with Crippen molar-refractivity contribution in [1.29, 1.82) is 0 Å². The zero-order valence-corrected chi connectivity index (χ0v) is 10.8. The molecule has 18 heavy (non-hydrogen) atoms. The number of benzene rings is 1. The van der Waals surface area contributed by atoms with Crippen molar-refractivity contribution in [3.8, 4) is 0 Å². The topological polar surface area (TPSA) is 38.7 Å². The van der Waals surface area contributed by atoms with Crippen LogP contribution in [0.5, 0.6) is 0 Å². The van der Waals surface area contributed by atoms with Gasteiger partial charge in [-0.05, 0) is 18.4 Å². The molecule has 0 aromatic heterocycles. The summed E-state index contributed by atoms with van der Waals surface area (Å²) in [7, 11) is 0. The lowest BCUT2D eigenvalue weighted by Gasteiger charge is -2.15. The van der Waals surface area contributed by atoms with Crippen LogP contribution in [0.2, 0.25) is 0 Å². The van der Waals surface area contributed by atoms with Crippen LogP contribution in [0.4, 0.5) is 0 Å². The van der Waals surface area contributed by atoms with Gasteiger partial charge in [0.05, 0.1) is 25.9 Å². The van der Waals surface area contributed by atoms with E-state index in [2.05, 4.69) is 0 Å². The van der Waals surface area contributed by atoms with Gasteiger partial charge in [-0.1, -0.05) is 43.2 Å². The summed E-state index contributed by atoms with van der Waals surface area (Å²) in [6.07, 6.45) is 4.62. The number of hydrogen-bond acceptors (Lipinski definition) is 3. The summed E-state index contributed by atoms with van der Waals surface area (Å²) >= 11 is 0. The van der Waals surface area contributed by atoms with E-state index >= 15 is 0 Å². The molecule has 0 spiro atoms. The second-order valence-electron chi connectivity index (χ2n) is 4.89. The van der Waals surface area contributed by atoms with Crippen molar-refractivity contribution in [2.75, 3.05) is 13.2 Å². The third-order valence-corrected chi connectivity index (χ3v) is 3.25. The maximum atomic E-state index is 9.74. The summed E-state index contributed by atoms with van der Waals surface area (Å²) in [5.41, 5.74) is 1.13. The first-order valence-corrected chi connectivity index (χ1v) is 6.76. The predicted octanol–water partition coefficient (Wildman–Crippen LogP) is 2.52. The van der Waals surface area contributed by atoms with E-state index in [9.17, 15) is 5.11 Å². The van der Waals surface area contributed by atoms with Gasteiger partial charge in [0.15, 0.2) is 0 Å². The molecule has 0 amide bonds. The minimum absolute atomic E-state index is 0.335. The van der Waals surface area contributed by atoms with E-state index in [1.807, 2.05) is 30.3 Å². The summed E-state index contributed by atoms with van der Waals surface area (Å²) < 4.78 is 11.1. The molecule has 1 fully saturated rings. The fourth-order valence-electron chi connectivity index (χ4n) is 2.24. The molecule has 100 valence electrons. The highest BCUT2D eigenvalue weighted by molar-refractivity contribution is 5.13. The first-order valence-electron chi connectivity index (χ1n) is 6.76. The highest BCUT2D eigenvalue weighted by Gasteiger charge is 2.16. The predicted molar refractivity (Wildman–Crippen MR) is 70.3 cm³/mol. The lowest BCUT2D eigenvalue weighted by Crippen LogP contribution is -2.24. The average molecular weight is 250 g/mol. The van der Waals surface area contributed by atoms with Crippen LogP contribution in [-0.2, 0) is 16.1 Å². The van der Waals surface area contributed by atoms with Crippen molar-refractivity contribution in [2.24, 2.45) is 0 Å². The largest absolute Gasteiger partial charge is 0.388 e. The van der Waals surface area contributed by atoms with E-state index in [1.165, 1.54) is 12.8 Å². The Labute approximate surface area is 109 Å². The Morgan fingerprint density at radius 2 is 1.83 bits per heavy atom. The van der Waals surface area contributed by atoms with E-state index in [1.54, 1.807) is 0 Å². The van der Waals surface area contributed by atoms with Crippen molar-refractivity contribution in [1.82, 2.24) is 0 Å². The molecule has 3 heteroatoms. The van der Waals surface area contributed by atoms with Crippen LogP contribution in [-0.4, -0.2) is 30.5 Å². The van der Waals surface area contributed by atoms with Crippen molar-refractivity contribution >= 4 is 0 Å². The molecule has 0 bridgehead atoms. The highest BCUT2D eigenvalue weighted by atomic mass is 16.5. The van der Waals surface area contributed by atoms with Gasteiger partial charge in [0, 0.05) is 0 Å². The number of rotatable bonds is 7. The molecular formula is C15H22O3. The number of aliphatic hydroxyl groups excluding tert-OH is 1. The fraction of sp³-hybridized carbons (Fsp3) is 0.600. The molecule has 0 unspecified atom stereocenters. The van der Waals surface area contributed by atoms with Gasteiger partial charge in [0.1, 0.15) is 6.10 Å². The third kappa shape index (κ3) is 4.77. The molecule has 1 saturated carbocycles. The molecule has 0 heterocycles. The zero-order valence-electron chi connectivity index (χ0n) is 10.8. The molecule has 0 radical (unpaired) electrons. The molecule has 1 aliphatic carbocycles. The van der Waals surface area contributed by atoms with E-state index < -0.39 is 6.10 Å². The van der Waals surface area contributed by atoms with Crippen molar-refractivity contribution in [3.05, 3.63) is 35.9 Å². The van der Waals surface area contributed by atoms with Crippen LogP contribution < -0.4 is 0 Å². The van der Waals surface area contributed by atoms with E-state index in [0.29, 0.717) is 25.9 Å². The molecule has 2 rings (SSSR count). The van der Waals surface area contributed by atoms with Crippen LogP contribution in [0.3, 0.4) is 0 Å². The van der Waals surface area contributed by atoms with Gasteiger partial charge >= 0.3 is 0 Å². The van der Waals surface area contributed by atoms with Crippen LogP contribution in [0.25, 0.3) is 0 Å². The molecule has 0 aliphatic heterocycles. The quantitative estimate of drug-likeness (QED) is 0.808.